The Hall–Kier alpha value is -1.70. The van der Waals surface area contributed by atoms with Crippen LogP contribution in [0.15, 0.2) is 24.5 Å². The number of aliphatic hydroxyl groups is 1. The fraction of sp³-hybridized carbons (Fsp3) is 0.600. The number of nitrogens with one attached hydrogen (secondary N) is 2. The van der Waals surface area contributed by atoms with E-state index in [2.05, 4.69) is 34.4 Å². The molecule has 2 rings (SSSR count). The maximum atomic E-state index is 11.9. The number of carbonyl (C=O) groups excluding carboxylic acids is 1. The molecule has 1 unspecified atom stereocenters. The molecule has 7 heteroatoms. The van der Waals surface area contributed by atoms with E-state index in [4.69, 9.17) is 4.74 Å². The first-order valence-electron chi connectivity index (χ1n) is 7.63. The molecule has 1 aromatic heterocycles. The SMILES string of the molecule is CCN(CC)C[C@@H]1OCC(NC(=O)Nc2cccnc2)[C@H]1O. The number of rotatable bonds is 6. The van der Waals surface area contributed by atoms with Crippen molar-refractivity contribution < 1.29 is 14.6 Å². The predicted octanol–water partition coefficient (Wildman–Crippen LogP) is 0.673. The minimum Gasteiger partial charge on any atom is -0.388 e. The van der Waals surface area contributed by atoms with E-state index in [0.717, 1.165) is 13.1 Å². The van der Waals surface area contributed by atoms with Gasteiger partial charge in [-0.05, 0) is 25.2 Å². The number of ether oxygens (including phenoxy) is 1. The first-order chi connectivity index (χ1) is 10.6. The lowest BCUT2D eigenvalue weighted by Gasteiger charge is -2.24. The van der Waals surface area contributed by atoms with Gasteiger partial charge in [0.25, 0.3) is 0 Å². The Balaban J connectivity index is 1.82. The highest BCUT2D eigenvalue weighted by molar-refractivity contribution is 5.89. The highest BCUT2D eigenvalue weighted by Gasteiger charge is 2.37. The Labute approximate surface area is 130 Å². The van der Waals surface area contributed by atoms with Crippen LogP contribution in [0.25, 0.3) is 0 Å². The molecule has 1 aromatic rings. The van der Waals surface area contributed by atoms with E-state index in [9.17, 15) is 9.90 Å². The average Bonchev–Trinajstić information content (AvgIpc) is 2.86. The summed E-state index contributed by atoms with van der Waals surface area (Å²) in [6.45, 7) is 6.93. The Bertz CT molecular complexity index is 467. The lowest BCUT2D eigenvalue weighted by Crippen LogP contribution is -2.48. The van der Waals surface area contributed by atoms with Gasteiger partial charge in [-0.25, -0.2) is 4.79 Å². The quantitative estimate of drug-likeness (QED) is 0.719. The number of urea groups is 1. The summed E-state index contributed by atoms with van der Waals surface area (Å²) in [7, 11) is 0. The standard InChI is InChI=1S/C15H24N4O3/c1-3-19(4-2)9-13-14(20)12(10-22-13)18-15(21)17-11-6-5-7-16-8-11/h5-8,12-14,20H,3-4,9-10H2,1-2H3,(H2,17,18,21)/t12?,13-,14+/m0/s1. The van der Waals surface area contributed by atoms with Gasteiger partial charge in [0.1, 0.15) is 6.10 Å². The molecule has 2 amide bonds. The Kier molecular flexibility index (Phi) is 6.11. The van der Waals surface area contributed by atoms with Gasteiger partial charge in [0.2, 0.25) is 0 Å². The molecule has 1 aliphatic rings. The van der Waals surface area contributed by atoms with Crippen molar-refractivity contribution >= 4 is 11.7 Å². The molecule has 1 aliphatic heterocycles. The molecular formula is C15H24N4O3. The molecule has 2 heterocycles. The number of aromatic nitrogens is 1. The summed E-state index contributed by atoms with van der Waals surface area (Å²) in [5, 5.41) is 15.7. The molecular weight excluding hydrogens is 284 g/mol. The van der Waals surface area contributed by atoms with E-state index < -0.39 is 12.1 Å². The van der Waals surface area contributed by atoms with E-state index in [0.29, 0.717) is 18.8 Å². The van der Waals surface area contributed by atoms with Crippen LogP contribution in [-0.4, -0.2) is 65.5 Å². The van der Waals surface area contributed by atoms with Crippen molar-refractivity contribution in [3.63, 3.8) is 0 Å². The third kappa shape index (κ3) is 4.40. The molecule has 122 valence electrons. The van der Waals surface area contributed by atoms with E-state index in [1.165, 1.54) is 0 Å². The van der Waals surface area contributed by atoms with Crippen LogP contribution in [0.2, 0.25) is 0 Å². The topological polar surface area (TPSA) is 86.7 Å². The molecule has 0 radical (unpaired) electrons. The van der Waals surface area contributed by atoms with Gasteiger partial charge in [-0.2, -0.15) is 0 Å². The molecule has 1 saturated heterocycles. The number of aliphatic hydroxyl groups excluding tert-OH is 1. The van der Waals surface area contributed by atoms with Gasteiger partial charge in [0.05, 0.1) is 30.6 Å². The van der Waals surface area contributed by atoms with Crippen molar-refractivity contribution in [2.45, 2.75) is 32.1 Å². The molecule has 0 aromatic carbocycles. The maximum Gasteiger partial charge on any atom is 0.319 e. The van der Waals surface area contributed by atoms with E-state index in [1.807, 2.05) is 0 Å². The molecule has 0 aliphatic carbocycles. The lowest BCUT2D eigenvalue weighted by atomic mass is 10.1. The van der Waals surface area contributed by atoms with Crippen molar-refractivity contribution in [1.82, 2.24) is 15.2 Å². The number of anilines is 1. The van der Waals surface area contributed by atoms with Crippen molar-refractivity contribution in [3.05, 3.63) is 24.5 Å². The van der Waals surface area contributed by atoms with Crippen LogP contribution in [0, 0.1) is 0 Å². The lowest BCUT2D eigenvalue weighted by molar-refractivity contribution is 0.0173. The van der Waals surface area contributed by atoms with Crippen molar-refractivity contribution in [3.8, 4) is 0 Å². The van der Waals surface area contributed by atoms with Crippen LogP contribution in [0.5, 0.6) is 0 Å². The third-order valence-corrected chi connectivity index (χ3v) is 3.85. The van der Waals surface area contributed by atoms with Gasteiger partial charge in [-0.3, -0.25) is 4.98 Å². The van der Waals surface area contributed by atoms with Gasteiger partial charge < -0.3 is 25.4 Å². The zero-order valence-corrected chi connectivity index (χ0v) is 13.0. The Morgan fingerprint density at radius 2 is 2.27 bits per heavy atom. The summed E-state index contributed by atoms with van der Waals surface area (Å²) in [4.78, 5) is 18.0. The van der Waals surface area contributed by atoms with E-state index in [1.54, 1.807) is 24.5 Å². The maximum absolute atomic E-state index is 11.9. The van der Waals surface area contributed by atoms with Gasteiger partial charge in [0.15, 0.2) is 0 Å². The minimum absolute atomic E-state index is 0.274. The molecule has 3 N–H and O–H groups in total. The molecule has 0 spiro atoms. The number of carbonyl (C=O) groups is 1. The number of amides is 2. The van der Waals surface area contributed by atoms with Crippen LogP contribution < -0.4 is 10.6 Å². The number of hydrogen-bond donors (Lipinski definition) is 3. The Morgan fingerprint density at radius 1 is 1.50 bits per heavy atom. The summed E-state index contributed by atoms with van der Waals surface area (Å²) in [5.41, 5.74) is 0.605. The smallest absolute Gasteiger partial charge is 0.319 e. The van der Waals surface area contributed by atoms with Gasteiger partial charge in [-0.15, -0.1) is 0 Å². The van der Waals surface area contributed by atoms with Crippen LogP contribution in [0.4, 0.5) is 10.5 Å². The van der Waals surface area contributed by atoms with Crippen molar-refractivity contribution in [2.75, 3.05) is 31.6 Å². The second kappa shape index (κ2) is 8.07. The largest absolute Gasteiger partial charge is 0.388 e. The second-order valence-corrected chi connectivity index (χ2v) is 5.29. The molecule has 0 bridgehead atoms. The first kappa shape index (κ1) is 16.7. The van der Waals surface area contributed by atoms with Crippen LogP contribution >= 0.6 is 0 Å². The normalized spacial score (nSPS) is 24.5. The minimum atomic E-state index is -0.708. The second-order valence-electron chi connectivity index (χ2n) is 5.29. The van der Waals surface area contributed by atoms with E-state index in [-0.39, 0.29) is 12.1 Å². The van der Waals surface area contributed by atoms with Gasteiger partial charge >= 0.3 is 6.03 Å². The number of likely N-dealkylation sites (N-methyl/N-ethyl adjacent to an activating group) is 1. The number of hydrogen-bond acceptors (Lipinski definition) is 5. The zero-order chi connectivity index (χ0) is 15.9. The first-order valence-corrected chi connectivity index (χ1v) is 7.63. The van der Waals surface area contributed by atoms with Crippen molar-refractivity contribution in [1.29, 1.82) is 0 Å². The number of pyridine rings is 1. The zero-order valence-electron chi connectivity index (χ0n) is 13.0. The number of nitrogens with zero attached hydrogens (tertiary/aromatic N) is 2. The van der Waals surface area contributed by atoms with Crippen LogP contribution in [0.3, 0.4) is 0 Å². The fourth-order valence-electron chi connectivity index (χ4n) is 2.48. The van der Waals surface area contributed by atoms with E-state index >= 15 is 0 Å². The average molecular weight is 308 g/mol. The van der Waals surface area contributed by atoms with Crippen LogP contribution in [-0.2, 0) is 4.74 Å². The fourth-order valence-corrected chi connectivity index (χ4v) is 2.48. The van der Waals surface area contributed by atoms with Gasteiger partial charge in [0, 0.05) is 12.7 Å². The van der Waals surface area contributed by atoms with Gasteiger partial charge in [-0.1, -0.05) is 13.8 Å². The van der Waals surface area contributed by atoms with Crippen molar-refractivity contribution in [2.24, 2.45) is 0 Å². The predicted molar refractivity (Wildman–Crippen MR) is 83.7 cm³/mol. The molecule has 3 atom stereocenters. The Morgan fingerprint density at radius 3 is 2.91 bits per heavy atom. The third-order valence-electron chi connectivity index (χ3n) is 3.85. The highest BCUT2D eigenvalue weighted by Crippen LogP contribution is 2.16. The van der Waals surface area contributed by atoms with Crippen LogP contribution in [0.1, 0.15) is 13.8 Å². The summed E-state index contributed by atoms with van der Waals surface area (Å²) in [6.07, 6.45) is 2.21. The summed E-state index contributed by atoms with van der Waals surface area (Å²) >= 11 is 0. The summed E-state index contributed by atoms with van der Waals surface area (Å²) < 4.78 is 5.62. The highest BCUT2D eigenvalue weighted by atomic mass is 16.5. The molecule has 22 heavy (non-hydrogen) atoms. The molecule has 7 nitrogen and oxygen atoms in total. The summed E-state index contributed by atoms with van der Waals surface area (Å²) in [5.74, 6) is 0. The monoisotopic (exact) mass is 308 g/mol. The molecule has 0 saturated carbocycles. The molecule has 1 fully saturated rings. The summed E-state index contributed by atoms with van der Waals surface area (Å²) in [6, 6.07) is 2.71.